The summed E-state index contributed by atoms with van der Waals surface area (Å²) in [5.41, 5.74) is -1.26. The number of Topliss-reactive ketones (excluding diaryl/α,β-unsaturated/α-hetero) is 2. The molecule has 0 saturated carbocycles. The Morgan fingerprint density at radius 3 is 0.950 bits per heavy atom. The molecule has 238 valence electrons. The van der Waals surface area contributed by atoms with Gasteiger partial charge in [-0.05, 0) is 26.7 Å². The Balaban J connectivity index is 3.97. The van der Waals surface area contributed by atoms with Gasteiger partial charge in [-0.1, -0.05) is 168 Å². The largest absolute Gasteiger partial charge is 0.379 e. The molecule has 0 aromatic rings. The zero-order chi connectivity index (χ0) is 29.7. The first kappa shape index (κ1) is 39.3. The molecule has 0 aromatic heterocycles. The predicted molar refractivity (Wildman–Crippen MR) is 174 cm³/mol. The molecule has 0 spiro atoms. The van der Waals surface area contributed by atoms with Gasteiger partial charge in [0.05, 0.1) is 0 Å². The zero-order valence-electron chi connectivity index (χ0n) is 27.6. The van der Waals surface area contributed by atoms with E-state index in [4.69, 9.17) is 0 Å². The van der Waals surface area contributed by atoms with E-state index in [-0.39, 0.29) is 11.6 Å². The van der Waals surface area contributed by atoms with Crippen LogP contribution in [0.1, 0.15) is 207 Å². The highest BCUT2D eigenvalue weighted by Crippen LogP contribution is 2.20. The average molecular weight is 566 g/mol. The van der Waals surface area contributed by atoms with Crippen LogP contribution in [-0.2, 0) is 9.59 Å². The van der Waals surface area contributed by atoms with Gasteiger partial charge in [0.25, 0.3) is 0 Å². The number of aliphatic hydroxyl groups is 1. The maximum absolute atomic E-state index is 13.1. The minimum absolute atomic E-state index is 0.0591. The van der Waals surface area contributed by atoms with Gasteiger partial charge in [0.1, 0.15) is 11.8 Å². The molecule has 0 aliphatic rings. The number of hydrogen-bond donors (Lipinski definition) is 2. The number of unbranched alkanes of at least 4 members (excludes halogenated alkanes) is 24. The lowest BCUT2D eigenvalue weighted by atomic mass is 9.85. The third-order valence-corrected chi connectivity index (χ3v) is 8.63. The van der Waals surface area contributed by atoms with E-state index in [1.807, 2.05) is 0 Å². The second kappa shape index (κ2) is 28.4. The fourth-order valence-electron chi connectivity index (χ4n) is 5.84. The summed E-state index contributed by atoms with van der Waals surface area (Å²) in [6, 6.07) is 0. The Morgan fingerprint density at radius 1 is 0.500 bits per heavy atom. The van der Waals surface area contributed by atoms with Crippen molar-refractivity contribution in [3.05, 3.63) is 0 Å². The highest BCUT2D eigenvalue weighted by atomic mass is 16.3. The molecule has 0 rings (SSSR count). The molecule has 0 amide bonds. The van der Waals surface area contributed by atoms with Crippen molar-refractivity contribution in [1.82, 2.24) is 5.32 Å². The van der Waals surface area contributed by atoms with Gasteiger partial charge >= 0.3 is 0 Å². The lowest BCUT2D eigenvalue weighted by Gasteiger charge is -2.30. The van der Waals surface area contributed by atoms with E-state index >= 15 is 0 Å². The van der Waals surface area contributed by atoms with Gasteiger partial charge in [0, 0.05) is 12.8 Å². The minimum atomic E-state index is -1.26. The molecular weight excluding hydrogens is 494 g/mol. The first-order valence-electron chi connectivity index (χ1n) is 17.9. The van der Waals surface area contributed by atoms with Crippen molar-refractivity contribution in [2.24, 2.45) is 0 Å². The zero-order valence-corrected chi connectivity index (χ0v) is 27.6. The van der Waals surface area contributed by atoms with Crippen LogP contribution in [-0.4, -0.2) is 28.4 Å². The van der Waals surface area contributed by atoms with Gasteiger partial charge in [-0.25, -0.2) is 0 Å². The number of ketones is 2. The second-order valence-electron chi connectivity index (χ2n) is 12.8. The predicted octanol–water partition coefficient (Wildman–Crippen LogP) is 10.8. The average Bonchev–Trinajstić information content (AvgIpc) is 2.93. The Morgan fingerprint density at radius 2 is 0.725 bits per heavy atom. The van der Waals surface area contributed by atoms with Crippen molar-refractivity contribution in [1.29, 1.82) is 0 Å². The van der Waals surface area contributed by atoms with Gasteiger partial charge in [-0.2, -0.15) is 0 Å². The van der Waals surface area contributed by atoms with Crippen molar-refractivity contribution in [2.75, 3.05) is 0 Å². The van der Waals surface area contributed by atoms with Crippen molar-refractivity contribution in [2.45, 2.75) is 219 Å². The van der Waals surface area contributed by atoms with E-state index in [1.165, 1.54) is 128 Å². The molecule has 0 fully saturated rings. The van der Waals surface area contributed by atoms with Gasteiger partial charge in [0.15, 0.2) is 11.6 Å². The lowest BCUT2D eigenvalue weighted by Crippen LogP contribution is -2.58. The maximum atomic E-state index is 13.1. The molecule has 1 unspecified atom stereocenters. The smallest absolute Gasteiger partial charge is 0.160 e. The highest BCUT2D eigenvalue weighted by Gasteiger charge is 2.39. The standard InChI is InChI=1S/C36H71NO3/c1-5-7-9-11-13-15-17-19-21-23-25-27-29-31-34(39)36(4,37-33(3)38)35(40)32-30-28-26-24-22-20-18-16-14-12-10-8-6-2/h33,37-38H,5-32H2,1-4H3. The number of rotatable bonds is 32. The third-order valence-electron chi connectivity index (χ3n) is 8.63. The quantitative estimate of drug-likeness (QED) is 0.0483. The van der Waals surface area contributed by atoms with Crippen LogP contribution in [0, 0.1) is 0 Å². The second-order valence-corrected chi connectivity index (χ2v) is 12.8. The summed E-state index contributed by atoms with van der Waals surface area (Å²) in [7, 11) is 0. The van der Waals surface area contributed by atoms with Crippen LogP contribution in [0.25, 0.3) is 0 Å². The normalized spacial score (nSPS) is 12.6. The third kappa shape index (κ3) is 22.9. The van der Waals surface area contributed by atoms with Crippen LogP contribution in [0.3, 0.4) is 0 Å². The minimum Gasteiger partial charge on any atom is -0.379 e. The van der Waals surface area contributed by atoms with E-state index in [1.54, 1.807) is 13.8 Å². The number of aliphatic hydroxyl groups excluding tert-OH is 1. The highest BCUT2D eigenvalue weighted by molar-refractivity contribution is 6.11. The molecule has 0 radical (unpaired) electrons. The van der Waals surface area contributed by atoms with Gasteiger partial charge in [-0.15, -0.1) is 0 Å². The summed E-state index contributed by atoms with van der Waals surface area (Å²) in [5.74, 6) is -0.118. The van der Waals surface area contributed by atoms with Crippen LogP contribution in [0.15, 0.2) is 0 Å². The monoisotopic (exact) mass is 566 g/mol. The first-order valence-corrected chi connectivity index (χ1v) is 17.9. The summed E-state index contributed by atoms with van der Waals surface area (Å²) in [6.45, 7) is 7.81. The number of carbonyl (C=O) groups excluding carboxylic acids is 2. The molecular formula is C36H71NO3. The fourth-order valence-corrected chi connectivity index (χ4v) is 5.84. The Bertz CT molecular complexity index is 532. The van der Waals surface area contributed by atoms with E-state index < -0.39 is 11.8 Å². The van der Waals surface area contributed by atoms with Crippen molar-refractivity contribution >= 4 is 11.6 Å². The molecule has 2 N–H and O–H groups in total. The van der Waals surface area contributed by atoms with Crippen molar-refractivity contribution in [3.63, 3.8) is 0 Å². The summed E-state index contributed by atoms with van der Waals surface area (Å²) in [6.07, 6.45) is 33.0. The summed E-state index contributed by atoms with van der Waals surface area (Å²) >= 11 is 0. The van der Waals surface area contributed by atoms with Crippen LogP contribution in [0.4, 0.5) is 0 Å². The first-order chi connectivity index (χ1) is 19.4. The molecule has 0 saturated heterocycles. The SMILES string of the molecule is CCCCCCCCCCCCCCCC(=O)C(C)(NC(C)O)C(=O)CCCCCCCCCCCCCCC. The van der Waals surface area contributed by atoms with Gasteiger partial charge in [0.2, 0.25) is 0 Å². The Hall–Kier alpha value is -0.740. The molecule has 0 aliphatic heterocycles. The van der Waals surface area contributed by atoms with Gasteiger partial charge < -0.3 is 5.11 Å². The van der Waals surface area contributed by atoms with Crippen LogP contribution < -0.4 is 5.32 Å². The molecule has 1 atom stereocenters. The fraction of sp³-hybridized carbons (Fsp3) is 0.944. The van der Waals surface area contributed by atoms with E-state index in [0.29, 0.717) is 12.8 Å². The molecule has 0 heterocycles. The number of carbonyl (C=O) groups is 2. The van der Waals surface area contributed by atoms with E-state index in [9.17, 15) is 14.7 Å². The van der Waals surface area contributed by atoms with Gasteiger partial charge in [-0.3, -0.25) is 14.9 Å². The molecule has 0 aliphatic carbocycles. The summed E-state index contributed by atoms with van der Waals surface area (Å²) in [5, 5.41) is 12.8. The summed E-state index contributed by atoms with van der Waals surface area (Å²) in [4.78, 5) is 26.2. The molecule has 4 heteroatoms. The maximum Gasteiger partial charge on any atom is 0.160 e. The van der Waals surface area contributed by atoms with Crippen molar-refractivity contribution in [3.8, 4) is 0 Å². The van der Waals surface area contributed by atoms with Crippen LogP contribution in [0.2, 0.25) is 0 Å². The van der Waals surface area contributed by atoms with Crippen LogP contribution >= 0.6 is 0 Å². The molecule has 4 nitrogen and oxygen atoms in total. The number of hydrogen-bond acceptors (Lipinski definition) is 4. The Labute approximate surface area is 250 Å². The topological polar surface area (TPSA) is 66.4 Å². The molecule has 0 aromatic carbocycles. The molecule has 0 bridgehead atoms. The van der Waals surface area contributed by atoms with E-state index in [2.05, 4.69) is 19.2 Å². The summed E-state index contributed by atoms with van der Waals surface area (Å²) < 4.78 is 0. The lowest BCUT2D eigenvalue weighted by molar-refractivity contribution is -0.137. The Kier molecular flexibility index (Phi) is 27.9. The van der Waals surface area contributed by atoms with Crippen molar-refractivity contribution < 1.29 is 14.7 Å². The van der Waals surface area contributed by atoms with E-state index in [0.717, 1.165) is 38.5 Å². The number of nitrogens with one attached hydrogen (secondary N) is 1. The molecule has 40 heavy (non-hydrogen) atoms. The van der Waals surface area contributed by atoms with Crippen LogP contribution in [0.5, 0.6) is 0 Å².